The van der Waals surface area contributed by atoms with Gasteiger partial charge in [-0.25, -0.2) is 9.67 Å². The van der Waals surface area contributed by atoms with Crippen molar-refractivity contribution in [1.82, 2.24) is 14.8 Å². The van der Waals surface area contributed by atoms with Gasteiger partial charge in [-0.3, -0.25) is 0 Å². The van der Waals surface area contributed by atoms with E-state index in [1.54, 1.807) is 0 Å². The van der Waals surface area contributed by atoms with Crippen LogP contribution < -0.4 is 5.73 Å². The van der Waals surface area contributed by atoms with Gasteiger partial charge in [0.05, 0.1) is 6.20 Å². The maximum atomic E-state index is 5.49. The zero-order valence-corrected chi connectivity index (χ0v) is 8.27. The molecule has 0 amide bonds. The van der Waals surface area contributed by atoms with E-state index in [1.807, 2.05) is 17.1 Å². The van der Waals surface area contributed by atoms with E-state index in [9.17, 15) is 0 Å². The van der Waals surface area contributed by atoms with E-state index in [2.05, 4.69) is 23.1 Å². The highest BCUT2D eigenvalue weighted by Gasteiger charge is 2.02. The van der Waals surface area contributed by atoms with E-state index in [-0.39, 0.29) is 0 Å². The standard InChI is InChI=1S/C10H14N4/c1-2-14-10-9(7-13-14)5-8(3-4-11)6-12-10/h5-7H,2-4,11H2,1H3. The lowest BCUT2D eigenvalue weighted by atomic mass is 10.2. The summed E-state index contributed by atoms with van der Waals surface area (Å²) in [5.41, 5.74) is 7.62. The lowest BCUT2D eigenvalue weighted by Gasteiger charge is -1.99. The zero-order valence-electron chi connectivity index (χ0n) is 8.27. The van der Waals surface area contributed by atoms with E-state index in [1.165, 1.54) is 5.56 Å². The number of aromatic nitrogens is 3. The van der Waals surface area contributed by atoms with Crippen molar-refractivity contribution in [1.29, 1.82) is 0 Å². The fraction of sp³-hybridized carbons (Fsp3) is 0.400. The van der Waals surface area contributed by atoms with Crippen molar-refractivity contribution < 1.29 is 0 Å². The molecule has 74 valence electrons. The number of aryl methyl sites for hydroxylation is 1. The molecule has 0 atom stereocenters. The van der Waals surface area contributed by atoms with Gasteiger partial charge in [0.1, 0.15) is 0 Å². The van der Waals surface area contributed by atoms with Gasteiger partial charge < -0.3 is 5.73 Å². The van der Waals surface area contributed by atoms with E-state index >= 15 is 0 Å². The van der Waals surface area contributed by atoms with E-state index in [0.29, 0.717) is 6.54 Å². The van der Waals surface area contributed by atoms with Crippen LogP contribution in [0.15, 0.2) is 18.5 Å². The molecule has 0 spiro atoms. The van der Waals surface area contributed by atoms with Crippen molar-refractivity contribution in [2.45, 2.75) is 19.9 Å². The Morgan fingerprint density at radius 3 is 3.00 bits per heavy atom. The van der Waals surface area contributed by atoms with Crippen LogP contribution in [-0.4, -0.2) is 21.3 Å². The van der Waals surface area contributed by atoms with Crippen LogP contribution >= 0.6 is 0 Å². The number of pyridine rings is 1. The summed E-state index contributed by atoms with van der Waals surface area (Å²) in [4.78, 5) is 4.38. The van der Waals surface area contributed by atoms with Crippen molar-refractivity contribution in [3.8, 4) is 0 Å². The highest BCUT2D eigenvalue weighted by Crippen LogP contribution is 2.12. The Morgan fingerprint density at radius 2 is 2.29 bits per heavy atom. The van der Waals surface area contributed by atoms with Gasteiger partial charge in [0, 0.05) is 18.1 Å². The molecule has 4 heteroatoms. The van der Waals surface area contributed by atoms with Crippen LogP contribution in [-0.2, 0) is 13.0 Å². The van der Waals surface area contributed by atoms with Crippen molar-refractivity contribution in [3.05, 3.63) is 24.0 Å². The van der Waals surface area contributed by atoms with E-state index in [4.69, 9.17) is 5.73 Å². The highest BCUT2D eigenvalue weighted by atomic mass is 15.3. The summed E-state index contributed by atoms with van der Waals surface area (Å²) in [6.45, 7) is 3.57. The Labute approximate surface area is 82.7 Å². The molecule has 0 bridgehead atoms. The highest BCUT2D eigenvalue weighted by molar-refractivity contribution is 5.74. The quantitative estimate of drug-likeness (QED) is 0.784. The first-order chi connectivity index (χ1) is 6.85. The van der Waals surface area contributed by atoms with Crippen LogP contribution in [0.4, 0.5) is 0 Å². The molecule has 0 unspecified atom stereocenters. The minimum absolute atomic E-state index is 0.662. The average molecular weight is 190 g/mol. The summed E-state index contributed by atoms with van der Waals surface area (Å²) >= 11 is 0. The molecule has 0 saturated heterocycles. The predicted octanol–water partition coefficient (Wildman–Crippen LogP) is 0.952. The predicted molar refractivity (Wildman–Crippen MR) is 56.0 cm³/mol. The number of nitrogens with two attached hydrogens (primary N) is 1. The van der Waals surface area contributed by atoms with Crippen molar-refractivity contribution >= 4 is 11.0 Å². The zero-order chi connectivity index (χ0) is 9.97. The first-order valence-corrected chi connectivity index (χ1v) is 4.85. The van der Waals surface area contributed by atoms with Gasteiger partial charge in [-0.1, -0.05) is 0 Å². The molecule has 4 nitrogen and oxygen atoms in total. The number of rotatable bonds is 3. The van der Waals surface area contributed by atoms with Gasteiger partial charge in [0.2, 0.25) is 0 Å². The lowest BCUT2D eigenvalue weighted by molar-refractivity contribution is 0.676. The largest absolute Gasteiger partial charge is 0.330 e. The second-order valence-corrected chi connectivity index (χ2v) is 3.26. The summed E-state index contributed by atoms with van der Waals surface area (Å²) < 4.78 is 1.89. The van der Waals surface area contributed by atoms with Gasteiger partial charge in [-0.15, -0.1) is 0 Å². The second-order valence-electron chi connectivity index (χ2n) is 3.26. The third kappa shape index (κ3) is 1.48. The fourth-order valence-corrected chi connectivity index (χ4v) is 1.55. The second kappa shape index (κ2) is 3.75. The maximum absolute atomic E-state index is 5.49. The van der Waals surface area contributed by atoms with Crippen molar-refractivity contribution in [2.24, 2.45) is 5.73 Å². The van der Waals surface area contributed by atoms with E-state index < -0.39 is 0 Å². The molecule has 2 heterocycles. The van der Waals surface area contributed by atoms with Crippen LogP contribution in [0.5, 0.6) is 0 Å². The normalized spacial score (nSPS) is 11.0. The smallest absolute Gasteiger partial charge is 0.157 e. The number of hydrogen-bond donors (Lipinski definition) is 1. The van der Waals surface area contributed by atoms with Crippen molar-refractivity contribution in [2.75, 3.05) is 6.54 Å². The lowest BCUT2D eigenvalue weighted by Crippen LogP contribution is -2.03. The minimum atomic E-state index is 0.662. The van der Waals surface area contributed by atoms with Crippen LogP contribution in [0.3, 0.4) is 0 Å². The molecule has 0 aliphatic carbocycles. The van der Waals surface area contributed by atoms with Crippen LogP contribution in [0.1, 0.15) is 12.5 Å². The SMILES string of the molecule is CCn1ncc2cc(CCN)cnc21. The molecule has 0 radical (unpaired) electrons. The number of fused-ring (bicyclic) bond motifs is 1. The molecule has 0 aliphatic heterocycles. The molecular weight excluding hydrogens is 176 g/mol. The molecule has 2 N–H and O–H groups in total. The summed E-state index contributed by atoms with van der Waals surface area (Å²) in [5, 5.41) is 5.33. The monoisotopic (exact) mass is 190 g/mol. The minimum Gasteiger partial charge on any atom is -0.330 e. The van der Waals surface area contributed by atoms with Crippen LogP contribution in [0, 0.1) is 0 Å². The molecule has 0 fully saturated rings. The summed E-state index contributed by atoms with van der Waals surface area (Å²) in [7, 11) is 0. The summed E-state index contributed by atoms with van der Waals surface area (Å²) in [5.74, 6) is 0. The van der Waals surface area contributed by atoms with Gasteiger partial charge >= 0.3 is 0 Å². The average Bonchev–Trinajstić information content (AvgIpc) is 2.60. The fourth-order valence-electron chi connectivity index (χ4n) is 1.55. The molecule has 2 aromatic rings. The molecular formula is C10H14N4. The van der Waals surface area contributed by atoms with Crippen LogP contribution in [0.25, 0.3) is 11.0 Å². The Bertz CT molecular complexity index is 433. The first-order valence-electron chi connectivity index (χ1n) is 4.85. The molecule has 0 aromatic carbocycles. The Morgan fingerprint density at radius 1 is 1.43 bits per heavy atom. The molecule has 0 saturated carbocycles. The molecule has 2 aromatic heterocycles. The summed E-state index contributed by atoms with van der Waals surface area (Å²) in [6, 6.07) is 2.11. The Balaban J connectivity index is 2.46. The molecule has 2 rings (SSSR count). The first kappa shape index (κ1) is 9.15. The summed E-state index contributed by atoms with van der Waals surface area (Å²) in [6.07, 6.45) is 4.61. The topological polar surface area (TPSA) is 56.7 Å². The third-order valence-electron chi connectivity index (χ3n) is 2.26. The Hall–Kier alpha value is -1.42. The van der Waals surface area contributed by atoms with Gasteiger partial charge in [0.25, 0.3) is 0 Å². The van der Waals surface area contributed by atoms with E-state index in [0.717, 1.165) is 24.0 Å². The van der Waals surface area contributed by atoms with Crippen molar-refractivity contribution in [3.63, 3.8) is 0 Å². The van der Waals surface area contributed by atoms with Gasteiger partial charge in [0.15, 0.2) is 5.65 Å². The molecule has 0 aliphatic rings. The number of nitrogens with zero attached hydrogens (tertiary/aromatic N) is 3. The molecule has 14 heavy (non-hydrogen) atoms. The van der Waals surface area contributed by atoms with Gasteiger partial charge in [-0.2, -0.15) is 5.10 Å². The van der Waals surface area contributed by atoms with Crippen LogP contribution in [0.2, 0.25) is 0 Å². The Kier molecular flexibility index (Phi) is 2.45. The number of hydrogen-bond acceptors (Lipinski definition) is 3. The van der Waals surface area contributed by atoms with Gasteiger partial charge in [-0.05, 0) is 31.5 Å². The maximum Gasteiger partial charge on any atom is 0.157 e. The third-order valence-corrected chi connectivity index (χ3v) is 2.26.